The third kappa shape index (κ3) is 4.36. The highest BCUT2D eigenvalue weighted by molar-refractivity contribution is 5.69. The van der Waals surface area contributed by atoms with Crippen LogP contribution in [0.3, 0.4) is 0 Å². The number of hydrogen-bond acceptors (Lipinski definition) is 3. The summed E-state index contributed by atoms with van der Waals surface area (Å²) in [5, 5.41) is 0. The highest BCUT2D eigenvalue weighted by Crippen LogP contribution is 2.45. The number of hydrogen-bond donors (Lipinski definition) is 0. The first-order valence-electron chi connectivity index (χ1n) is 11.6. The second-order valence-electron chi connectivity index (χ2n) is 8.63. The Morgan fingerprint density at radius 1 is 0.485 bits per heavy atom. The van der Waals surface area contributed by atoms with Crippen LogP contribution in [-0.2, 0) is 14.2 Å². The summed E-state index contributed by atoms with van der Waals surface area (Å²) < 4.78 is 18.0. The van der Waals surface area contributed by atoms with Gasteiger partial charge < -0.3 is 14.2 Å². The quantitative estimate of drug-likeness (QED) is 0.292. The van der Waals surface area contributed by atoms with Gasteiger partial charge in [0, 0.05) is 0 Å². The van der Waals surface area contributed by atoms with E-state index < -0.39 is 0 Å². The first kappa shape index (κ1) is 20.4. The highest BCUT2D eigenvalue weighted by atomic mass is 16.6. The average molecular weight is 435 g/mol. The Balaban J connectivity index is 1.05. The van der Waals surface area contributed by atoms with Crippen LogP contribution in [0.15, 0.2) is 109 Å². The molecule has 2 heterocycles. The van der Waals surface area contributed by atoms with Crippen LogP contribution in [0.4, 0.5) is 0 Å². The Kier molecular flexibility index (Phi) is 5.53. The van der Waals surface area contributed by atoms with Gasteiger partial charge in [0.1, 0.15) is 24.4 Å². The van der Waals surface area contributed by atoms with Crippen molar-refractivity contribution in [3.63, 3.8) is 0 Å². The van der Waals surface area contributed by atoms with Gasteiger partial charge in [0.15, 0.2) is 0 Å². The zero-order valence-corrected chi connectivity index (χ0v) is 18.3. The van der Waals surface area contributed by atoms with E-state index in [1.54, 1.807) is 0 Å². The van der Waals surface area contributed by atoms with Crippen molar-refractivity contribution in [2.24, 2.45) is 0 Å². The van der Waals surface area contributed by atoms with E-state index in [1.165, 1.54) is 33.4 Å². The largest absolute Gasteiger partial charge is 0.376 e. The summed E-state index contributed by atoms with van der Waals surface area (Å²) in [4.78, 5) is 0. The molecule has 4 aromatic rings. The molecule has 2 fully saturated rings. The maximum Gasteiger partial charge on any atom is 0.112 e. The fourth-order valence-electron chi connectivity index (χ4n) is 4.64. The van der Waals surface area contributed by atoms with Crippen molar-refractivity contribution in [2.45, 2.75) is 24.4 Å². The fourth-order valence-corrected chi connectivity index (χ4v) is 4.64. The van der Waals surface area contributed by atoms with Gasteiger partial charge in [0.25, 0.3) is 0 Å². The fraction of sp³-hybridized carbons (Fsp3) is 0.200. The minimum atomic E-state index is 0.0936. The van der Waals surface area contributed by atoms with Gasteiger partial charge in [0.05, 0.1) is 13.2 Å². The summed E-state index contributed by atoms with van der Waals surface area (Å²) in [6, 6.07) is 37.9. The van der Waals surface area contributed by atoms with Gasteiger partial charge >= 0.3 is 0 Å². The molecule has 0 aromatic heterocycles. The molecule has 0 aliphatic carbocycles. The lowest BCUT2D eigenvalue weighted by Crippen LogP contribution is -2.08. The second-order valence-corrected chi connectivity index (χ2v) is 8.63. The van der Waals surface area contributed by atoms with Crippen LogP contribution in [0.5, 0.6) is 0 Å². The van der Waals surface area contributed by atoms with Gasteiger partial charge in [-0.05, 0) is 33.4 Å². The maximum absolute atomic E-state index is 6.03. The molecule has 3 nitrogen and oxygen atoms in total. The van der Waals surface area contributed by atoms with Gasteiger partial charge in [0.2, 0.25) is 0 Å². The molecule has 0 spiro atoms. The highest BCUT2D eigenvalue weighted by Gasteiger charge is 2.44. The average Bonchev–Trinajstić information content (AvgIpc) is 3.82. The van der Waals surface area contributed by atoms with Gasteiger partial charge in [-0.3, -0.25) is 0 Å². The van der Waals surface area contributed by atoms with Crippen molar-refractivity contribution in [3.05, 3.63) is 120 Å². The second kappa shape index (κ2) is 8.95. The van der Waals surface area contributed by atoms with Crippen molar-refractivity contribution in [1.29, 1.82) is 0 Å². The predicted molar refractivity (Wildman–Crippen MR) is 130 cm³/mol. The topological polar surface area (TPSA) is 34.3 Å². The molecule has 3 heteroatoms. The smallest absolute Gasteiger partial charge is 0.112 e. The van der Waals surface area contributed by atoms with Gasteiger partial charge in [-0.15, -0.1) is 0 Å². The molecule has 0 N–H and O–H groups in total. The summed E-state index contributed by atoms with van der Waals surface area (Å²) in [5.74, 6) is 0. The molecule has 164 valence electrons. The zero-order valence-electron chi connectivity index (χ0n) is 18.3. The number of benzene rings is 4. The molecule has 4 unspecified atom stereocenters. The Labute approximate surface area is 194 Å². The van der Waals surface area contributed by atoms with Crippen LogP contribution in [0.2, 0.25) is 0 Å². The van der Waals surface area contributed by atoms with Crippen LogP contribution in [0.25, 0.3) is 22.3 Å². The van der Waals surface area contributed by atoms with Crippen molar-refractivity contribution >= 4 is 0 Å². The van der Waals surface area contributed by atoms with E-state index in [9.17, 15) is 0 Å². The monoisotopic (exact) mass is 434 g/mol. The van der Waals surface area contributed by atoms with Crippen molar-refractivity contribution < 1.29 is 14.2 Å². The van der Waals surface area contributed by atoms with E-state index in [0.717, 1.165) is 0 Å². The molecule has 2 aliphatic heterocycles. The van der Waals surface area contributed by atoms with E-state index in [2.05, 4.69) is 97.1 Å². The Hall–Kier alpha value is -3.24. The van der Waals surface area contributed by atoms with Crippen molar-refractivity contribution in [3.8, 4) is 22.3 Å². The van der Waals surface area contributed by atoms with Crippen molar-refractivity contribution in [2.75, 3.05) is 13.2 Å². The molecule has 2 saturated heterocycles. The van der Waals surface area contributed by atoms with Crippen LogP contribution in [-0.4, -0.2) is 25.4 Å². The molecule has 0 radical (unpaired) electrons. The minimum Gasteiger partial charge on any atom is -0.376 e. The van der Waals surface area contributed by atoms with E-state index in [0.29, 0.717) is 13.2 Å². The summed E-state index contributed by atoms with van der Waals surface area (Å²) in [7, 11) is 0. The SMILES string of the molecule is c1ccc(-c2ccccc2C2OC2COCC2OC2c2ccccc2-c2ccccc2)cc1. The van der Waals surface area contributed by atoms with Crippen LogP contribution >= 0.6 is 0 Å². The molecule has 4 atom stereocenters. The number of epoxide rings is 2. The maximum atomic E-state index is 6.03. The van der Waals surface area contributed by atoms with Gasteiger partial charge in [-0.1, -0.05) is 109 Å². The minimum absolute atomic E-state index is 0.0936. The first-order chi connectivity index (χ1) is 16.4. The third-order valence-electron chi connectivity index (χ3n) is 6.43. The Morgan fingerprint density at radius 2 is 0.879 bits per heavy atom. The third-order valence-corrected chi connectivity index (χ3v) is 6.43. The molecular formula is C30H26O3. The molecule has 0 amide bonds. The molecular weight excluding hydrogens is 408 g/mol. The lowest BCUT2D eigenvalue weighted by atomic mass is 9.96. The zero-order chi connectivity index (χ0) is 22.0. The molecule has 6 rings (SSSR count). The summed E-state index contributed by atoms with van der Waals surface area (Å²) in [5.41, 5.74) is 7.36. The Bertz CT molecular complexity index is 1120. The van der Waals surface area contributed by atoms with Crippen LogP contribution in [0.1, 0.15) is 23.3 Å². The predicted octanol–water partition coefficient (Wildman–Crippen LogP) is 6.62. The van der Waals surface area contributed by atoms with Crippen LogP contribution in [0, 0.1) is 0 Å². The Morgan fingerprint density at radius 3 is 1.33 bits per heavy atom. The normalized spacial score (nSPS) is 23.3. The van der Waals surface area contributed by atoms with E-state index in [-0.39, 0.29) is 24.4 Å². The lowest BCUT2D eigenvalue weighted by molar-refractivity contribution is 0.102. The van der Waals surface area contributed by atoms with Crippen LogP contribution < -0.4 is 0 Å². The van der Waals surface area contributed by atoms with E-state index >= 15 is 0 Å². The molecule has 2 aliphatic rings. The molecule has 4 aromatic carbocycles. The van der Waals surface area contributed by atoms with E-state index in [1.807, 2.05) is 12.1 Å². The summed E-state index contributed by atoms with van der Waals surface area (Å²) in [6.07, 6.45) is 0.389. The lowest BCUT2D eigenvalue weighted by Gasteiger charge is -2.08. The van der Waals surface area contributed by atoms with Gasteiger partial charge in [-0.2, -0.15) is 0 Å². The van der Waals surface area contributed by atoms with Gasteiger partial charge in [-0.25, -0.2) is 0 Å². The molecule has 0 bridgehead atoms. The standard InChI is InChI=1S/C30H26O3/c1-3-11-21(12-4-1)23-15-7-9-17-25(23)29-27(32-29)19-31-20-28-30(33-28)26-18-10-8-16-24(26)22-13-5-2-6-14-22/h1-18,27-30H,19-20H2. The van der Waals surface area contributed by atoms with Crippen molar-refractivity contribution in [1.82, 2.24) is 0 Å². The number of rotatable bonds is 8. The number of ether oxygens (including phenoxy) is 3. The molecule has 33 heavy (non-hydrogen) atoms. The molecule has 0 saturated carbocycles. The summed E-state index contributed by atoms with van der Waals surface area (Å²) >= 11 is 0. The summed E-state index contributed by atoms with van der Waals surface area (Å²) in [6.45, 7) is 1.17. The first-order valence-corrected chi connectivity index (χ1v) is 11.6. The van der Waals surface area contributed by atoms with E-state index in [4.69, 9.17) is 14.2 Å².